The molecular formula is C12H10F2I2O6S. The molecule has 0 aliphatic carbocycles. The van der Waals surface area contributed by atoms with E-state index in [0.717, 1.165) is 5.56 Å². The summed E-state index contributed by atoms with van der Waals surface area (Å²) in [5, 5.41) is -4.57. The highest BCUT2D eigenvalue weighted by atomic mass is 127. The minimum atomic E-state index is -5.65. The Kier molecular flexibility index (Phi) is 7.15. The zero-order chi connectivity index (χ0) is 17.8. The summed E-state index contributed by atoms with van der Waals surface area (Å²) >= 11 is 3.93. The van der Waals surface area contributed by atoms with Crippen LogP contribution in [0.2, 0.25) is 0 Å². The highest BCUT2D eigenvalue weighted by molar-refractivity contribution is 14.1. The third-order valence-corrected chi connectivity index (χ3v) is 4.84. The molecule has 1 rings (SSSR count). The lowest BCUT2D eigenvalue weighted by Crippen LogP contribution is -2.35. The smallest absolute Gasteiger partial charge is 0.402 e. The maximum atomic E-state index is 12.9. The van der Waals surface area contributed by atoms with Gasteiger partial charge in [-0.2, -0.15) is 17.2 Å². The van der Waals surface area contributed by atoms with Crippen LogP contribution in [0.4, 0.5) is 8.78 Å². The molecule has 0 amide bonds. The van der Waals surface area contributed by atoms with Crippen LogP contribution in [0.5, 0.6) is 5.75 Å². The summed E-state index contributed by atoms with van der Waals surface area (Å²) < 4.78 is 65.4. The fourth-order valence-corrected chi connectivity index (χ4v) is 3.58. The molecule has 0 aromatic heterocycles. The number of alkyl halides is 2. The Morgan fingerprint density at radius 1 is 1.35 bits per heavy atom. The molecular weight excluding hydrogens is 564 g/mol. The van der Waals surface area contributed by atoms with Gasteiger partial charge >= 0.3 is 21.3 Å². The number of benzene rings is 1. The predicted molar refractivity (Wildman–Crippen MR) is 94.9 cm³/mol. The van der Waals surface area contributed by atoms with Crippen LogP contribution in [0.25, 0.3) is 6.08 Å². The molecule has 0 bridgehead atoms. The average Bonchev–Trinajstić information content (AvgIpc) is 2.42. The summed E-state index contributed by atoms with van der Waals surface area (Å²) in [7, 11) is -5.65. The van der Waals surface area contributed by atoms with Gasteiger partial charge in [0.1, 0.15) is 5.75 Å². The Morgan fingerprint density at radius 3 is 2.30 bits per heavy atom. The van der Waals surface area contributed by atoms with Gasteiger partial charge < -0.3 is 9.47 Å². The van der Waals surface area contributed by atoms with Crippen LogP contribution < -0.4 is 4.74 Å². The van der Waals surface area contributed by atoms with E-state index in [9.17, 15) is 22.0 Å². The molecule has 0 heterocycles. The van der Waals surface area contributed by atoms with Gasteiger partial charge in [0.05, 0.1) is 7.14 Å². The van der Waals surface area contributed by atoms with Crippen molar-refractivity contribution in [1.82, 2.24) is 0 Å². The van der Waals surface area contributed by atoms with Crippen molar-refractivity contribution in [1.29, 1.82) is 0 Å². The van der Waals surface area contributed by atoms with Gasteiger partial charge in [-0.1, -0.05) is 12.7 Å². The molecule has 1 aromatic rings. The first-order valence-electron chi connectivity index (χ1n) is 5.72. The fraction of sp³-hybridized carbons (Fsp3) is 0.250. The van der Waals surface area contributed by atoms with Gasteiger partial charge in [0.2, 0.25) is 0 Å². The molecule has 0 unspecified atom stereocenters. The number of halogens is 4. The number of esters is 1. The normalized spacial score (nSPS) is 11.9. The third kappa shape index (κ3) is 5.79. The van der Waals surface area contributed by atoms with Gasteiger partial charge in [0, 0.05) is 0 Å². The van der Waals surface area contributed by atoms with E-state index in [-0.39, 0.29) is 0 Å². The van der Waals surface area contributed by atoms with Crippen LogP contribution in [0.1, 0.15) is 5.56 Å². The summed E-state index contributed by atoms with van der Waals surface area (Å²) in [5.74, 6) is -0.844. The number of rotatable bonds is 7. The lowest BCUT2D eigenvalue weighted by atomic mass is 10.2. The Balaban J connectivity index is 2.66. The van der Waals surface area contributed by atoms with E-state index in [1.165, 1.54) is 0 Å². The summed E-state index contributed by atoms with van der Waals surface area (Å²) in [5.41, 5.74) is 0.835. The van der Waals surface area contributed by atoms with E-state index in [0.29, 0.717) is 12.9 Å². The molecule has 0 saturated carbocycles. The second-order valence-corrected chi connectivity index (χ2v) is 7.95. The SMILES string of the molecule is C=Cc1cc(I)c(OCC(=O)OCC(F)(F)S(=O)(=O)O)c(I)c1. The molecule has 128 valence electrons. The molecule has 0 radical (unpaired) electrons. The first-order valence-corrected chi connectivity index (χ1v) is 9.32. The van der Waals surface area contributed by atoms with Crippen molar-refractivity contribution in [3.8, 4) is 5.75 Å². The van der Waals surface area contributed by atoms with Crippen LogP contribution in [0.3, 0.4) is 0 Å². The predicted octanol–water partition coefficient (Wildman–Crippen LogP) is 2.94. The van der Waals surface area contributed by atoms with Crippen molar-refractivity contribution in [2.75, 3.05) is 13.2 Å². The largest absolute Gasteiger partial charge is 0.480 e. The second kappa shape index (κ2) is 8.02. The molecule has 0 atom stereocenters. The quantitative estimate of drug-likeness (QED) is 0.306. The summed E-state index contributed by atoms with van der Waals surface area (Å²) in [4.78, 5) is 11.4. The van der Waals surface area contributed by atoms with Gasteiger partial charge in [0.15, 0.2) is 13.2 Å². The Hall–Kier alpha value is -0.540. The molecule has 0 saturated heterocycles. The maximum Gasteiger partial charge on any atom is 0.402 e. The Labute approximate surface area is 158 Å². The molecule has 0 fully saturated rings. The molecule has 1 N–H and O–H groups in total. The van der Waals surface area contributed by atoms with Crippen molar-refractivity contribution in [3.63, 3.8) is 0 Å². The average molecular weight is 574 g/mol. The molecule has 11 heteroatoms. The van der Waals surface area contributed by atoms with E-state index >= 15 is 0 Å². The van der Waals surface area contributed by atoms with Crippen LogP contribution in [0, 0.1) is 7.14 Å². The van der Waals surface area contributed by atoms with Crippen molar-refractivity contribution in [3.05, 3.63) is 31.4 Å². The van der Waals surface area contributed by atoms with E-state index in [1.807, 2.05) is 45.2 Å². The number of carbonyl (C=O) groups is 1. The highest BCUT2D eigenvalue weighted by Gasteiger charge is 2.45. The first kappa shape index (κ1) is 20.5. The van der Waals surface area contributed by atoms with Crippen molar-refractivity contribution in [2.45, 2.75) is 5.25 Å². The van der Waals surface area contributed by atoms with E-state index in [1.54, 1.807) is 18.2 Å². The topological polar surface area (TPSA) is 89.9 Å². The first-order chi connectivity index (χ1) is 10.5. The van der Waals surface area contributed by atoms with Crippen LogP contribution in [0.15, 0.2) is 18.7 Å². The van der Waals surface area contributed by atoms with Gasteiger partial charge in [-0.15, -0.1) is 0 Å². The Morgan fingerprint density at radius 2 is 1.87 bits per heavy atom. The van der Waals surface area contributed by atoms with Crippen molar-refractivity contribution >= 4 is 67.3 Å². The molecule has 0 aliphatic heterocycles. The second-order valence-electron chi connectivity index (χ2n) is 4.08. The highest BCUT2D eigenvalue weighted by Crippen LogP contribution is 2.29. The summed E-state index contributed by atoms with van der Waals surface area (Å²) in [6.45, 7) is 1.13. The lowest BCUT2D eigenvalue weighted by molar-refractivity contribution is -0.152. The van der Waals surface area contributed by atoms with Gasteiger partial charge in [0.25, 0.3) is 0 Å². The zero-order valence-electron chi connectivity index (χ0n) is 11.3. The van der Waals surface area contributed by atoms with E-state index < -0.39 is 34.6 Å². The molecule has 23 heavy (non-hydrogen) atoms. The minimum absolute atomic E-state index is 0.357. The summed E-state index contributed by atoms with van der Waals surface area (Å²) in [6, 6.07) is 3.48. The summed E-state index contributed by atoms with van der Waals surface area (Å²) in [6.07, 6.45) is 1.62. The maximum absolute atomic E-state index is 12.9. The molecule has 6 nitrogen and oxygen atoms in total. The zero-order valence-corrected chi connectivity index (χ0v) is 16.4. The third-order valence-electron chi connectivity index (χ3n) is 2.37. The van der Waals surface area contributed by atoms with Crippen LogP contribution in [-0.4, -0.2) is 37.4 Å². The van der Waals surface area contributed by atoms with Gasteiger partial charge in [-0.25, -0.2) is 4.79 Å². The van der Waals surface area contributed by atoms with E-state index in [4.69, 9.17) is 9.29 Å². The minimum Gasteiger partial charge on any atom is -0.480 e. The van der Waals surface area contributed by atoms with Gasteiger partial charge in [-0.3, -0.25) is 4.55 Å². The number of hydrogen-bond donors (Lipinski definition) is 1. The molecule has 1 aromatic carbocycles. The molecule has 0 spiro atoms. The number of carbonyl (C=O) groups excluding carboxylic acids is 1. The molecule has 0 aliphatic rings. The van der Waals surface area contributed by atoms with Crippen molar-refractivity contribution < 1.29 is 36.0 Å². The lowest BCUT2D eigenvalue weighted by Gasteiger charge is -2.14. The fourth-order valence-electron chi connectivity index (χ4n) is 1.25. The Bertz CT molecular complexity index is 697. The number of hydrogen-bond acceptors (Lipinski definition) is 5. The van der Waals surface area contributed by atoms with Crippen LogP contribution in [-0.2, 0) is 19.6 Å². The monoisotopic (exact) mass is 574 g/mol. The van der Waals surface area contributed by atoms with Crippen molar-refractivity contribution in [2.24, 2.45) is 0 Å². The van der Waals surface area contributed by atoms with Crippen LogP contribution >= 0.6 is 45.2 Å². The van der Waals surface area contributed by atoms with Gasteiger partial charge in [-0.05, 0) is 62.9 Å². The standard InChI is InChI=1S/C12H10F2I2O6S/c1-2-7-3-8(15)11(9(16)4-7)21-5-10(17)22-6-12(13,14)23(18,19)20/h2-4H,1,5-6H2,(H,18,19,20). The van der Waals surface area contributed by atoms with E-state index in [2.05, 4.69) is 11.3 Å². The number of ether oxygens (including phenoxy) is 2.